The van der Waals surface area contributed by atoms with Crippen molar-refractivity contribution in [3.8, 4) is 0 Å². The van der Waals surface area contributed by atoms with Crippen LogP contribution in [0.5, 0.6) is 0 Å². The van der Waals surface area contributed by atoms with Crippen LogP contribution >= 0.6 is 7.06 Å². The summed E-state index contributed by atoms with van der Waals surface area (Å²) in [7, 11) is -3.52. The van der Waals surface area contributed by atoms with Gasteiger partial charge in [-0.2, -0.15) is 0 Å². The van der Waals surface area contributed by atoms with Crippen molar-refractivity contribution in [2.24, 2.45) is 0 Å². The van der Waals surface area contributed by atoms with E-state index in [1.807, 2.05) is 0 Å². The van der Waals surface area contributed by atoms with E-state index in [0.29, 0.717) is 18.5 Å². The van der Waals surface area contributed by atoms with Crippen molar-refractivity contribution in [3.63, 3.8) is 0 Å². The van der Waals surface area contributed by atoms with Crippen LogP contribution < -0.4 is 0 Å². The normalized spacial score (nSPS) is 13.0. The summed E-state index contributed by atoms with van der Waals surface area (Å²) in [5.41, 5.74) is 0. The van der Waals surface area contributed by atoms with E-state index in [0.717, 1.165) is 19.3 Å². The van der Waals surface area contributed by atoms with Gasteiger partial charge in [0.2, 0.25) is 0 Å². The molecule has 0 atom stereocenters. The Morgan fingerprint density at radius 2 is 0.381 bits per heavy atom. The van der Waals surface area contributed by atoms with Crippen molar-refractivity contribution in [3.05, 3.63) is 0 Å². The van der Waals surface area contributed by atoms with E-state index in [1.165, 1.54) is 193 Å². The van der Waals surface area contributed by atoms with Gasteiger partial charge in [-0.25, -0.2) is 0 Å². The van der Waals surface area contributed by atoms with Crippen LogP contribution in [0.25, 0.3) is 0 Å². The molecular weight excluding hydrogens is 531 g/mol. The fourth-order valence-electron chi connectivity index (χ4n) is 6.76. The standard InChI is InChI=1S/C39H83O2P/c1-4-7-10-13-16-19-22-25-28-31-34-37-42(40,41,38-35-32-29-26-23-20-17-14-11-8-5-2)39-36-33-30-27-24-21-18-15-12-9-6-3/h40-41H,4-39H2,1-3H3. The Balaban J connectivity index is 4.24. The molecule has 0 aliphatic carbocycles. The molecule has 0 aliphatic rings. The molecule has 0 radical (unpaired) electrons. The van der Waals surface area contributed by atoms with Gasteiger partial charge in [0.25, 0.3) is 0 Å². The average Bonchev–Trinajstić information content (AvgIpc) is 2.97. The molecule has 42 heavy (non-hydrogen) atoms. The summed E-state index contributed by atoms with van der Waals surface area (Å²) in [6.07, 6.45) is 45.7. The van der Waals surface area contributed by atoms with Crippen molar-refractivity contribution in [1.82, 2.24) is 0 Å². The summed E-state index contributed by atoms with van der Waals surface area (Å²) in [5.74, 6) is 0. The van der Waals surface area contributed by atoms with Gasteiger partial charge >= 0.3 is 247 Å². The van der Waals surface area contributed by atoms with Crippen molar-refractivity contribution >= 4 is 7.06 Å². The van der Waals surface area contributed by atoms with Gasteiger partial charge in [0, 0.05) is 0 Å². The van der Waals surface area contributed by atoms with E-state index >= 15 is 0 Å². The molecule has 256 valence electrons. The topological polar surface area (TPSA) is 40.5 Å². The first-order valence-corrected chi connectivity index (χ1v) is 22.7. The third-order valence-corrected chi connectivity index (χ3v) is 13.9. The number of hydrogen-bond donors (Lipinski definition) is 2. The van der Waals surface area contributed by atoms with Crippen LogP contribution in [0.15, 0.2) is 0 Å². The van der Waals surface area contributed by atoms with Gasteiger partial charge in [-0.3, -0.25) is 0 Å². The molecule has 0 bridgehead atoms. The van der Waals surface area contributed by atoms with Gasteiger partial charge in [0.15, 0.2) is 0 Å². The van der Waals surface area contributed by atoms with Gasteiger partial charge in [0.05, 0.1) is 0 Å². The number of unbranched alkanes of at least 4 members (excludes halogenated alkanes) is 30. The third-order valence-electron chi connectivity index (χ3n) is 9.83. The Morgan fingerprint density at radius 1 is 0.238 bits per heavy atom. The summed E-state index contributed by atoms with van der Waals surface area (Å²) in [4.78, 5) is 23.6. The van der Waals surface area contributed by atoms with E-state index in [9.17, 15) is 9.79 Å². The Bertz CT molecular complexity index is 449. The first-order valence-electron chi connectivity index (χ1n) is 20.0. The predicted octanol–water partition coefficient (Wildman–Crippen LogP) is 14.3. The molecule has 0 aliphatic heterocycles. The molecule has 0 saturated heterocycles. The molecule has 0 amide bonds. The molecule has 0 saturated carbocycles. The Morgan fingerprint density at radius 3 is 0.548 bits per heavy atom. The second kappa shape index (κ2) is 31.3. The van der Waals surface area contributed by atoms with Crippen LogP contribution in [-0.4, -0.2) is 28.3 Å². The predicted molar refractivity (Wildman–Crippen MR) is 195 cm³/mol. The monoisotopic (exact) mass is 615 g/mol. The molecule has 0 aromatic heterocycles. The number of hydrogen-bond acceptors (Lipinski definition) is 2. The molecule has 0 aromatic rings. The summed E-state index contributed by atoms with van der Waals surface area (Å²) in [6, 6.07) is 0. The van der Waals surface area contributed by atoms with Gasteiger partial charge < -0.3 is 0 Å². The van der Waals surface area contributed by atoms with E-state index in [1.54, 1.807) is 0 Å². The van der Waals surface area contributed by atoms with Gasteiger partial charge in [-0.05, 0) is 0 Å². The van der Waals surface area contributed by atoms with Gasteiger partial charge in [-0.1, -0.05) is 20.8 Å². The maximum atomic E-state index is 11.8. The van der Waals surface area contributed by atoms with Crippen LogP contribution in [0.3, 0.4) is 0 Å². The quantitative estimate of drug-likeness (QED) is 0.0544. The Kier molecular flexibility index (Phi) is 31.6. The molecule has 0 aromatic carbocycles. The fourth-order valence-corrected chi connectivity index (χ4v) is 10.3. The van der Waals surface area contributed by atoms with Crippen LogP contribution in [0.2, 0.25) is 0 Å². The Hall–Kier alpha value is 0.350. The molecule has 2 nitrogen and oxygen atoms in total. The molecule has 0 unspecified atom stereocenters. The molecule has 0 spiro atoms. The summed E-state index contributed by atoms with van der Waals surface area (Å²) >= 11 is 0. The molecule has 0 heterocycles. The first kappa shape index (κ1) is 42.3. The molecule has 0 rings (SSSR count). The van der Waals surface area contributed by atoms with E-state index in [2.05, 4.69) is 20.8 Å². The SMILES string of the molecule is CCCCCCCCCCCCCP(O)(O)(CCCCCCCCCCCCC)CCCCCCCCCCCCC. The Labute approximate surface area is 267 Å². The van der Waals surface area contributed by atoms with E-state index < -0.39 is 7.06 Å². The average molecular weight is 615 g/mol. The van der Waals surface area contributed by atoms with E-state index in [-0.39, 0.29) is 0 Å². The van der Waals surface area contributed by atoms with Crippen LogP contribution in [0.1, 0.15) is 233 Å². The smallest absolute Gasteiger partial charge is 0.0654 e. The maximum absolute atomic E-state index is 11.8. The minimum Gasteiger partial charge on any atom is -0.0654 e. The van der Waals surface area contributed by atoms with Gasteiger partial charge in [-0.15, -0.1) is 0 Å². The summed E-state index contributed by atoms with van der Waals surface area (Å²) < 4.78 is 0. The zero-order valence-corrected chi connectivity index (χ0v) is 30.7. The third kappa shape index (κ3) is 30.4. The van der Waals surface area contributed by atoms with Crippen molar-refractivity contribution < 1.29 is 9.79 Å². The minimum absolute atomic E-state index is 0.706. The van der Waals surface area contributed by atoms with Gasteiger partial charge in [0.1, 0.15) is 0 Å². The van der Waals surface area contributed by atoms with E-state index in [4.69, 9.17) is 0 Å². The molecule has 0 fully saturated rings. The zero-order chi connectivity index (χ0) is 30.9. The van der Waals surface area contributed by atoms with Crippen molar-refractivity contribution in [2.45, 2.75) is 233 Å². The number of rotatable bonds is 36. The van der Waals surface area contributed by atoms with Crippen LogP contribution in [0, 0.1) is 0 Å². The summed E-state index contributed by atoms with van der Waals surface area (Å²) in [5, 5.41) is 0. The van der Waals surface area contributed by atoms with Crippen LogP contribution in [0.4, 0.5) is 0 Å². The van der Waals surface area contributed by atoms with Crippen molar-refractivity contribution in [1.29, 1.82) is 0 Å². The molecule has 2 N–H and O–H groups in total. The fraction of sp³-hybridized carbons (Fsp3) is 1.00. The molecular formula is C39H83O2P. The second-order valence-electron chi connectivity index (χ2n) is 14.4. The summed E-state index contributed by atoms with van der Waals surface area (Å²) in [6.45, 7) is 6.86. The van der Waals surface area contributed by atoms with Crippen molar-refractivity contribution in [2.75, 3.05) is 18.5 Å². The molecule has 3 heteroatoms. The van der Waals surface area contributed by atoms with Crippen LogP contribution in [-0.2, 0) is 0 Å². The first-order chi connectivity index (χ1) is 20.5. The zero-order valence-electron chi connectivity index (χ0n) is 29.8. The minimum atomic E-state index is -3.52. The second-order valence-corrected chi connectivity index (χ2v) is 18.9.